The van der Waals surface area contributed by atoms with Gasteiger partial charge in [-0.2, -0.15) is 12.6 Å². The smallest absolute Gasteiger partial charge is 0.335 e. The highest BCUT2D eigenvalue weighted by Crippen LogP contribution is 2.11. The number of nitrogens with zero attached hydrogens (tertiary/aromatic N) is 1. The number of thiol groups is 1. The Labute approximate surface area is 189 Å². The summed E-state index contributed by atoms with van der Waals surface area (Å²) in [6, 6.07) is 16.2. The van der Waals surface area contributed by atoms with Crippen LogP contribution in [0, 0.1) is 0 Å². The van der Waals surface area contributed by atoms with Gasteiger partial charge in [0.05, 0.1) is 10.8 Å². The average Bonchev–Trinajstić information content (AvgIpc) is 2.77. The Hall–Kier alpha value is -2.80. The summed E-state index contributed by atoms with van der Waals surface area (Å²) in [6.07, 6.45) is 2.70. The number of carboxylic acid groups (broad SMARTS) is 1. The van der Waals surface area contributed by atoms with E-state index in [0.29, 0.717) is 32.5 Å². The van der Waals surface area contributed by atoms with Crippen LogP contribution in [-0.2, 0) is 22.6 Å². The van der Waals surface area contributed by atoms with Gasteiger partial charge in [-0.25, -0.2) is 4.79 Å². The third-order valence-electron chi connectivity index (χ3n) is 4.93. The zero-order valence-corrected chi connectivity index (χ0v) is 18.7. The highest BCUT2D eigenvalue weighted by atomic mass is 32.1. The van der Waals surface area contributed by atoms with Gasteiger partial charge in [0.15, 0.2) is 0 Å². The number of hydrogen-bond acceptors (Lipinski definition) is 4. The average molecular weight is 443 g/mol. The molecule has 2 N–H and O–H groups in total. The SMILES string of the molecule is CCCCC(=O)N(CCNC(=O)C(S)Cc1ccccc1)Cc1ccc(C(=O)O)cc1. The van der Waals surface area contributed by atoms with Crippen molar-refractivity contribution in [3.8, 4) is 0 Å². The summed E-state index contributed by atoms with van der Waals surface area (Å²) in [7, 11) is 0. The molecule has 31 heavy (non-hydrogen) atoms. The second-order valence-corrected chi connectivity index (χ2v) is 8.04. The van der Waals surface area contributed by atoms with Crippen LogP contribution in [0.3, 0.4) is 0 Å². The van der Waals surface area contributed by atoms with Crippen LogP contribution in [0.4, 0.5) is 0 Å². The molecule has 2 amide bonds. The predicted octanol–water partition coefficient (Wildman–Crippen LogP) is 3.56. The molecule has 6 nitrogen and oxygen atoms in total. The van der Waals surface area contributed by atoms with Crippen molar-refractivity contribution in [2.75, 3.05) is 13.1 Å². The lowest BCUT2D eigenvalue weighted by Gasteiger charge is -2.24. The van der Waals surface area contributed by atoms with Crippen LogP contribution in [0.5, 0.6) is 0 Å². The minimum absolute atomic E-state index is 0.0186. The van der Waals surface area contributed by atoms with Gasteiger partial charge in [0.1, 0.15) is 0 Å². The number of hydrogen-bond donors (Lipinski definition) is 3. The third-order valence-corrected chi connectivity index (χ3v) is 5.34. The molecule has 0 saturated carbocycles. The van der Waals surface area contributed by atoms with Crippen LogP contribution in [0.15, 0.2) is 54.6 Å². The quantitative estimate of drug-likeness (QED) is 0.439. The molecule has 0 radical (unpaired) electrons. The lowest BCUT2D eigenvalue weighted by molar-refractivity contribution is -0.132. The first-order valence-electron chi connectivity index (χ1n) is 10.5. The van der Waals surface area contributed by atoms with Crippen LogP contribution in [0.2, 0.25) is 0 Å². The summed E-state index contributed by atoms with van der Waals surface area (Å²) in [6.45, 7) is 3.10. The summed E-state index contributed by atoms with van der Waals surface area (Å²) in [5.74, 6) is -1.13. The van der Waals surface area contributed by atoms with Gasteiger partial charge in [-0.3, -0.25) is 9.59 Å². The largest absolute Gasteiger partial charge is 0.478 e. The van der Waals surface area contributed by atoms with Crippen molar-refractivity contribution in [2.24, 2.45) is 0 Å². The van der Waals surface area contributed by atoms with Crippen molar-refractivity contribution in [1.29, 1.82) is 0 Å². The minimum atomic E-state index is -0.984. The van der Waals surface area contributed by atoms with E-state index in [0.717, 1.165) is 24.0 Å². The number of carboxylic acids is 1. The van der Waals surface area contributed by atoms with Crippen molar-refractivity contribution in [1.82, 2.24) is 10.2 Å². The van der Waals surface area contributed by atoms with Gasteiger partial charge in [-0.15, -0.1) is 0 Å². The van der Waals surface area contributed by atoms with E-state index in [4.69, 9.17) is 5.11 Å². The van der Waals surface area contributed by atoms with Gasteiger partial charge >= 0.3 is 5.97 Å². The van der Waals surface area contributed by atoms with E-state index in [1.165, 1.54) is 12.1 Å². The van der Waals surface area contributed by atoms with Crippen molar-refractivity contribution in [3.63, 3.8) is 0 Å². The van der Waals surface area contributed by atoms with E-state index >= 15 is 0 Å². The molecule has 2 rings (SSSR count). The molecular weight excluding hydrogens is 412 g/mol. The Morgan fingerprint density at radius 3 is 2.32 bits per heavy atom. The van der Waals surface area contributed by atoms with Crippen LogP contribution < -0.4 is 5.32 Å². The number of rotatable bonds is 12. The van der Waals surface area contributed by atoms with Gasteiger partial charge in [0.2, 0.25) is 11.8 Å². The van der Waals surface area contributed by atoms with Crippen LogP contribution in [-0.4, -0.2) is 46.1 Å². The zero-order chi connectivity index (χ0) is 22.6. The first-order chi connectivity index (χ1) is 14.9. The molecule has 0 saturated heterocycles. The molecule has 166 valence electrons. The third kappa shape index (κ3) is 8.45. The predicted molar refractivity (Wildman–Crippen MR) is 124 cm³/mol. The molecule has 0 aliphatic rings. The van der Waals surface area contributed by atoms with Gasteiger partial charge in [0, 0.05) is 26.1 Å². The molecule has 0 fully saturated rings. The van der Waals surface area contributed by atoms with Crippen molar-refractivity contribution in [2.45, 2.75) is 44.4 Å². The summed E-state index contributed by atoms with van der Waals surface area (Å²) in [5.41, 5.74) is 2.09. The van der Waals surface area contributed by atoms with E-state index in [2.05, 4.69) is 17.9 Å². The number of unbranched alkanes of at least 4 members (excludes halogenated alkanes) is 1. The summed E-state index contributed by atoms with van der Waals surface area (Å²) in [5, 5.41) is 11.4. The molecule has 2 aromatic rings. The Balaban J connectivity index is 1.91. The molecule has 2 aromatic carbocycles. The number of amides is 2. The topological polar surface area (TPSA) is 86.7 Å². The van der Waals surface area contributed by atoms with E-state index in [1.807, 2.05) is 37.3 Å². The summed E-state index contributed by atoms with van der Waals surface area (Å²) in [4.78, 5) is 37.8. The molecule has 0 heterocycles. The Morgan fingerprint density at radius 1 is 1.03 bits per heavy atom. The standard InChI is InChI=1S/C24H30N2O4S/c1-2-3-9-22(27)26(17-19-10-12-20(13-11-19)24(29)30)15-14-25-23(28)21(31)16-18-7-5-4-6-8-18/h4-8,10-13,21,31H,2-3,9,14-17H2,1H3,(H,25,28)(H,29,30). The molecular formula is C24H30N2O4S. The van der Waals surface area contributed by atoms with Gasteiger partial charge in [-0.05, 0) is 36.1 Å². The van der Waals surface area contributed by atoms with E-state index in [1.54, 1.807) is 17.0 Å². The van der Waals surface area contributed by atoms with Crippen molar-refractivity contribution < 1.29 is 19.5 Å². The number of aromatic carboxylic acids is 1. The van der Waals surface area contributed by atoms with E-state index in [-0.39, 0.29) is 17.4 Å². The maximum absolute atomic E-state index is 12.6. The first kappa shape index (κ1) is 24.5. The Morgan fingerprint density at radius 2 is 1.71 bits per heavy atom. The summed E-state index contributed by atoms with van der Waals surface area (Å²) >= 11 is 4.41. The molecule has 7 heteroatoms. The molecule has 1 unspecified atom stereocenters. The number of carbonyl (C=O) groups excluding carboxylic acids is 2. The second-order valence-electron chi connectivity index (χ2n) is 7.42. The molecule has 1 atom stereocenters. The maximum atomic E-state index is 12.6. The van der Waals surface area contributed by atoms with Crippen LogP contribution in [0.1, 0.15) is 47.7 Å². The van der Waals surface area contributed by atoms with E-state index in [9.17, 15) is 14.4 Å². The molecule has 0 aliphatic carbocycles. The number of nitrogens with one attached hydrogen (secondary N) is 1. The highest BCUT2D eigenvalue weighted by Gasteiger charge is 2.17. The Bertz CT molecular complexity index is 856. The zero-order valence-electron chi connectivity index (χ0n) is 17.8. The number of carbonyl (C=O) groups is 3. The fourth-order valence-electron chi connectivity index (χ4n) is 3.11. The fourth-order valence-corrected chi connectivity index (χ4v) is 3.42. The number of benzene rings is 2. The molecule has 0 aromatic heterocycles. The minimum Gasteiger partial charge on any atom is -0.478 e. The van der Waals surface area contributed by atoms with Gasteiger partial charge < -0.3 is 15.3 Å². The second kappa shape index (κ2) is 12.8. The Kier molecular flexibility index (Phi) is 10.1. The van der Waals surface area contributed by atoms with Crippen molar-refractivity contribution in [3.05, 3.63) is 71.3 Å². The van der Waals surface area contributed by atoms with Crippen LogP contribution >= 0.6 is 12.6 Å². The normalized spacial score (nSPS) is 11.5. The van der Waals surface area contributed by atoms with Gasteiger partial charge in [0.25, 0.3) is 0 Å². The van der Waals surface area contributed by atoms with Gasteiger partial charge in [-0.1, -0.05) is 55.8 Å². The molecule has 0 bridgehead atoms. The molecule has 0 aliphatic heterocycles. The fraction of sp³-hybridized carbons (Fsp3) is 0.375. The lowest BCUT2D eigenvalue weighted by atomic mass is 10.1. The molecule has 0 spiro atoms. The van der Waals surface area contributed by atoms with Crippen molar-refractivity contribution >= 4 is 30.4 Å². The highest BCUT2D eigenvalue weighted by molar-refractivity contribution is 7.81. The monoisotopic (exact) mass is 442 g/mol. The van der Waals surface area contributed by atoms with Crippen LogP contribution in [0.25, 0.3) is 0 Å². The lowest BCUT2D eigenvalue weighted by Crippen LogP contribution is -2.40. The maximum Gasteiger partial charge on any atom is 0.335 e. The first-order valence-corrected chi connectivity index (χ1v) is 11.0. The summed E-state index contributed by atoms with van der Waals surface area (Å²) < 4.78 is 0. The van der Waals surface area contributed by atoms with E-state index < -0.39 is 11.2 Å².